The largest absolute Gasteiger partial charge is 0.478 e. The van der Waals surface area contributed by atoms with Gasteiger partial charge in [0, 0.05) is 6.04 Å². The Morgan fingerprint density at radius 3 is 2.13 bits per heavy atom. The smallest absolute Gasteiger partial charge is 0.339 e. The number of esters is 1. The van der Waals surface area contributed by atoms with E-state index in [0.717, 1.165) is 5.56 Å². The summed E-state index contributed by atoms with van der Waals surface area (Å²) < 4.78 is 5.60. The lowest BCUT2D eigenvalue weighted by molar-refractivity contribution is 0.0215. The highest BCUT2D eigenvalue weighted by molar-refractivity contribution is 6.02. The van der Waals surface area contributed by atoms with Crippen molar-refractivity contribution in [2.75, 3.05) is 7.05 Å². The topological polar surface area (TPSA) is 75.6 Å². The zero-order valence-corrected chi connectivity index (χ0v) is 13.0. The molecule has 2 atom stereocenters. The maximum Gasteiger partial charge on any atom is 0.339 e. The van der Waals surface area contributed by atoms with Crippen molar-refractivity contribution in [3.05, 3.63) is 71.3 Å². The van der Waals surface area contributed by atoms with E-state index in [4.69, 9.17) is 4.74 Å². The number of aromatic carboxylic acids is 1. The SMILES string of the molecule is CN[C@H](C)[C@H](OC(=O)c1ccccc1C(=O)O)c1ccccc1. The molecule has 0 saturated carbocycles. The lowest BCUT2D eigenvalue weighted by atomic mass is 10.0. The molecule has 120 valence electrons. The highest BCUT2D eigenvalue weighted by Gasteiger charge is 2.25. The van der Waals surface area contributed by atoms with E-state index < -0.39 is 18.0 Å². The normalized spacial score (nSPS) is 13.1. The Hall–Kier alpha value is -2.66. The van der Waals surface area contributed by atoms with Gasteiger partial charge in [0.05, 0.1) is 11.1 Å². The predicted octanol–water partition coefficient (Wildman–Crippen LogP) is 2.89. The van der Waals surface area contributed by atoms with Gasteiger partial charge in [0.1, 0.15) is 6.10 Å². The van der Waals surface area contributed by atoms with Crippen LogP contribution in [-0.2, 0) is 4.74 Å². The van der Waals surface area contributed by atoms with Crippen LogP contribution in [0.4, 0.5) is 0 Å². The molecule has 0 fully saturated rings. The minimum absolute atomic E-state index is 0.0456. The molecule has 0 aliphatic carbocycles. The number of hydrogen-bond acceptors (Lipinski definition) is 4. The molecule has 2 aromatic carbocycles. The van der Waals surface area contributed by atoms with Gasteiger partial charge in [0.15, 0.2) is 0 Å². The van der Waals surface area contributed by atoms with Crippen LogP contribution >= 0.6 is 0 Å². The number of carboxylic acid groups (broad SMARTS) is 1. The summed E-state index contributed by atoms with van der Waals surface area (Å²) in [6, 6.07) is 15.3. The van der Waals surface area contributed by atoms with Crippen molar-refractivity contribution >= 4 is 11.9 Å². The quantitative estimate of drug-likeness (QED) is 0.802. The molecule has 0 unspecified atom stereocenters. The summed E-state index contributed by atoms with van der Waals surface area (Å²) in [5, 5.41) is 12.3. The van der Waals surface area contributed by atoms with Crippen LogP contribution in [0.15, 0.2) is 54.6 Å². The molecule has 0 heterocycles. The van der Waals surface area contributed by atoms with Crippen molar-refractivity contribution in [1.82, 2.24) is 5.32 Å². The summed E-state index contributed by atoms with van der Waals surface area (Å²) in [6.45, 7) is 1.90. The Kier molecular flexibility index (Phi) is 5.49. The van der Waals surface area contributed by atoms with Crippen molar-refractivity contribution in [3.8, 4) is 0 Å². The first-order valence-corrected chi connectivity index (χ1v) is 7.30. The second kappa shape index (κ2) is 7.56. The van der Waals surface area contributed by atoms with Crippen molar-refractivity contribution in [3.63, 3.8) is 0 Å². The highest BCUT2D eigenvalue weighted by Crippen LogP contribution is 2.23. The van der Waals surface area contributed by atoms with Crippen LogP contribution in [-0.4, -0.2) is 30.1 Å². The van der Waals surface area contributed by atoms with Crippen LogP contribution in [0.2, 0.25) is 0 Å². The number of carbonyl (C=O) groups is 2. The Morgan fingerprint density at radius 1 is 1.00 bits per heavy atom. The molecule has 0 saturated heterocycles. The van der Waals surface area contributed by atoms with Gasteiger partial charge in [-0.25, -0.2) is 9.59 Å². The highest BCUT2D eigenvalue weighted by atomic mass is 16.5. The minimum Gasteiger partial charge on any atom is -0.478 e. The van der Waals surface area contributed by atoms with Gasteiger partial charge >= 0.3 is 11.9 Å². The maximum absolute atomic E-state index is 12.5. The van der Waals surface area contributed by atoms with Gasteiger partial charge in [-0.05, 0) is 31.7 Å². The lowest BCUT2D eigenvalue weighted by Crippen LogP contribution is -2.32. The molecule has 0 spiro atoms. The van der Waals surface area contributed by atoms with Gasteiger partial charge in [-0.2, -0.15) is 0 Å². The van der Waals surface area contributed by atoms with E-state index in [0.29, 0.717) is 0 Å². The molecule has 0 radical (unpaired) electrons. The summed E-state index contributed by atoms with van der Waals surface area (Å²) >= 11 is 0. The van der Waals surface area contributed by atoms with Crippen LogP contribution in [0.5, 0.6) is 0 Å². The molecule has 0 bridgehead atoms. The summed E-state index contributed by atoms with van der Waals surface area (Å²) in [5.41, 5.74) is 0.821. The van der Waals surface area contributed by atoms with Crippen molar-refractivity contribution in [2.45, 2.75) is 19.1 Å². The molecular weight excluding hydrogens is 294 g/mol. The number of carbonyl (C=O) groups excluding carboxylic acids is 1. The van der Waals surface area contributed by atoms with Gasteiger partial charge in [-0.1, -0.05) is 42.5 Å². The lowest BCUT2D eigenvalue weighted by Gasteiger charge is -2.24. The number of hydrogen-bond donors (Lipinski definition) is 2. The first kappa shape index (κ1) is 16.7. The van der Waals surface area contributed by atoms with E-state index in [1.807, 2.05) is 37.3 Å². The fraction of sp³-hybridized carbons (Fsp3) is 0.222. The van der Waals surface area contributed by atoms with Gasteiger partial charge in [0.2, 0.25) is 0 Å². The molecule has 0 aliphatic rings. The Labute approximate surface area is 134 Å². The third-order valence-electron chi connectivity index (χ3n) is 3.65. The molecule has 0 aromatic heterocycles. The zero-order chi connectivity index (χ0) is 16.8. The van der Waals surface area contributed by atoms with Gasteiger partial charge in [0.25, 0.3) is 0 Å². The predicted molar refractivity (Wildman–Crippen MR) is 86.5 cm³/mol. The molecular formula is C18H19NO4. The second-order valence-electron chi connectivity index (χ2n) is 5.16. The van der Waals surface area contributed by atoms with Crippen molar-refractivity contribution in [2.24, 2.45) is 0 Å². The molecule has 2 rings (SSSR count). The van der Waals surface area contributed by atoms with Crippen LogP contribution in [0.1, 0.15) is 39.3 Å². The number of carboxylic acids is 1. The number of rotatable bonds is 6. The van der Waals surface area contributed by atoms with E-state index in [1.54, 1.807) is 19.2 Å². The average Bonchev–Trinajstić information content (AvgIpc) is 2.59. The van der Waals surface area contributed by atoms with Crippen LogP contribution in [0, 0.1) is 0 Å². The Balaban J connectivity index is 2.30. The molecule has 5 heteroatoms. The molecule has 23 heavy (non-hydrogen) atoms. The fourth-order valence-electron chi connectivity index (χ4n) is 2.28. The van der Waals surface area contributed by atoms with Crippen LogP contribution in [0.25, 0.3) is 0 Å². The standard InChI is InChI=1S/C18H19NO4/c1-12(19-2)16(13-8-4-3-5-9-13)23-18(22)15-11-7-6-10-14(15)17(20)21/h3-12,16,19H,1-2H3,(H,20,21)/t12-,16+/m1/s1. The molecule has 2 N–H and O–H groups in total. The monoisotopic (exact) mass is 313 g/mol. The third-order valence-corrected chi connectivity index (χ3v) is 3.65. The molecule has 0 aliphatic heterocycles. The first-order valence-electron chi connectivity index (χ1n) is 7.30. The van der Waals surface area contributed by atoms with Crippen molar-refractivity contribution in [1.29, 1.82) is 0 Å². The Bertz CT molecular complexity index is 684. The number of ether oxygens (including phenoxy) is 1. The number of benzene rings is 2. The minimum atomic E-state index is -1.16. The molecule has 5 nitrogen and oxygen atoms in total. The van der Waals surface area contributed by atoms with E-state index in [1.165, 1.54) is 12.1 Å². The van der Waals surface area contributed by atoms with E-state index in [2.05, 4.69) is 5.32 Å². The molecule has 2 aromatic rings. The second-order valence-corrected chi connectivity index (χ2v) is 5.16. The number of likely N-dealkylation sites (N-methyl/N-ethyl adjacent to an activating group) is 1. The fourth-order valence-corrected chi connectivity index (χ4v) is 2.28. The van der Waals surface area contributed by atoms with Gasteiger partial charge < -0.3 is 15.2 Å². The van der Waals surface area contributed by atoms with E-state index in [-0.39, 0.29) is 17.2 Å². The number of nitrogens with one attached hydrogen (secondary N) is 1. The van der Waals surface area contributed by atoms with Crippen LogP contribution < -0.4 is 5.32 Å². The summed E-state index contributed by atoms with van der Waals surface area (Å²) in [6.07, 6.45) is -0.518. The summed E-state index contributed by atoms with van der Waals surface area (Å²) in [5.74, 6) is -1.81. The summed E-state index contributed by atoms with van der Waals surface area (Å²) in [4.78, 5) is 23.7. The Morgan fingerprint density at radius 2 is 1.57 bits per heavy atom. The van der Waals surface area contributed by atoms with Gasteiger partial charge in [-0.15, -0.1) is 0 Å². The van der Waals surface area contributed by atoms with E-state index in [9.17, 15) is 14.7 Å². The van der Waals surface area contributed by atoms with Crippen molar-refractivity contribution < 1.29 is 19.4 Å². The average molecular weight is 313 g/mol. The van der Waals surface area contributed by atoms with Gasteiger partial charge in [-0.3, -0.25) is 0 Å². The zero-order valence-electron chi connectivity index (χ0n) is 13.0. The maximum atomic E-state index is 12.5. The summed E-state index contributed by atoms with van der Waals surface area (Å²) in [7, 11) is 1.78. The van der Waals surface area contributed by atoms with Crippen LogP contribution in [0.3, 0.4) is 0 Å². The first-order chi connectivity index (χ1) is 11.0. The molecule has 0 amide bonds. The van der Waals surface area contributed by atoms with E-state index >= 15 is 0 Å². The third kappa shape index (κ3) is 3.96.